The summed E-state index contributed by atoms with van der Waals surface area (Å²) in [5.41, 5.74) is 2.34. The van der Waals surface area contributed by atoms with Crippen LogP contribution in [-0.2, 0) is 6.54 Å². The first-order chi connectivity index (χ1) is 10.4. The van der Waals surface area contributed by atoms with Gasteiger partial charge in [-0.1, -0.05) is 12.1 Å². The Morgan fingerprint density at radius 1 is 0.952 bits per heavy atom. The van der Waals surface area contributed by atoms with Gasteiger partial charge in [0.25, 0.3) is 0 Å². The Kier molecular flexibility index (Phi) is 7.69. The van der Waals surface area contributed by atoms with E-state index in [0.29, 0.717) is 0 Å². The van der Waals surface area contributed by atoms with Crippen molar-refractivity contribution >= 4 is 5.71 Å². The molecule has 0 bridgehead atoms. The highest BCUT2D eigenvalue weighted by Gasteiger charge is 2.00. The molecule has 1 aliphatic rings. The Hall–Kier alpha value is -1.56. The summed E-state index contributed by atoms with van der Waals surface area (Å²) in [5, 5.41) is 10.2. The topological polar surface area (TPSA) is 61.3 Å². The Morgan fingerprint density at radius 3 is 2.48 bits per heavy atom. The lowest BCUT2D eigenvalue weighted by Crippen LogP contribution is -2.34. The fourth-order valence-corrected chi connectivity index (χ4v) is 2.11. The van der Waals surface area contributed by atoms with Crippen molar-refractivity contribution in [2.75, 3.05) is 32.7 Å². The fraction of sp³-hybridized carbons (Fsp3) is 0.500. The predicted molar refractivity (Wildman–Crippen MR) is 87.5 cm³/mol. The third kappa shape index (κ3) is 7.13. The van der Waals surface area contributed by atoms with Gasteiger partial charge in [-0.2, -0.15) is 0 Å². The van der Waals surface area contributed by atoms with E-state index in [4.69, 9.17) is 0 Å². The standard InChI is InChI=1S/C16H25N5/c1-3-7-20-15(5-1)13-18-11-9-17-10-12-19-14-16-6-2-4-8-21-16/h1,3-5,7-8,17-19H,2,6,9-14H2. The second kappa shape index (κ2) is 10.2. The number of rotatable bonds is 10. The molecule has 5 nitrogen and oxygen atoms in total. The van der Waals surface area contributed by atoms with Gasteiger partial charge in [-0.05, 0) is 25.0 Å². The van der Waals surface area contributed by atoms with E-state index in [1.807, 2.05) is 30.6 Å². The largest absolute Gasteiger partial charge is 0.314 e. The zero-order valence-corrected chi connectivity index (χ0v) is 12.5. The first-order valence-corrected chi connectivity index (χ1v) is 7.68. The second-order valence-electron chi connectivity index (χ2n) is 5.04. The molecule has 3 N–H and O–H groups in total. The predicted octanol–water partition coefficient (Wildman–Crippen LogP) is 1.10. The van der Waals surface area contributed by atoms with Crippen LogP contribution in [0.5, 0.6) is 0 Å². The molecular formula is C16H25N5. The molecule has 5 heteroatoms. The average Bonchev–Trinajstić information content (AvgIpc) is 2.55. The van der Waals surface area contributed by atoms with Crippen LogP contribution in [0.15, 0.2) is 41.7 Å². The van der Waals surface area contributed by atoms with Gasteiger partial charge in [0, 0.05) is 57.4 Å². The quantitative estimate of drug-likeness (QED) is 0.564. The van der Waals surface area contributed by atoms with Crippen molar-refractivity contribution in [1.82, 2.24) is 20.9 Å². The van der Waals surface area contributed by atoms with Crippen LogP contribution < -0.4 is 16.0 Å². The molecule has 2 heterocycles. The maximum absolute atomic E-state index is 4.35. The van der Waals surface area contributed by atoms with Crippen LogP contribution >= 0.6 is 0 Å². The number of aliphatic imine (C=N–C) groups is 1. The number of pyridine rings is 1. The molecule has 0 saturated heterocycles. The van der Waals surface area contributed by atoms with Crippen LogP contribution in [0, 0.1) is 0 Å². The van der Waals surface area contributed by atoms with E-state index in [1.54, 1.807) is 0 Å². The van der Waals surface area contributed by atoms with E-state index < -0.39 is 0 Å². The van der Waals surface area contributed by atoms with Gasteiger partial charge in [-0.3, -0.25) is 9.98 Å². The maximum atomic E-state index is 4.35. The highest BCUT2D eigenvalue weighted by molar-refractivity contribution is 5.87. The molecule has 1 aromatic heterocycles. The molecule has 0 radical (unpaired) electrons. The van der Waals surface area contributed by atoms with Gasteiger partial charge in [-0.25, -0.2) is 0 Å². The first-order valence-electron chi connectivity index (χ1n) is 7.68. The Labute approximate surface area is 127 Å². The third-order valence-electron chi connectivity index (χ3n) is 3.28. The van der Waals surface area contributed by atoms with Gasteiger partial charge in [0.05, 0.1) is 5.69 Å². The molecule has 0 atom stereocenters. The number of nitrogens with one attached hydrogen (secondary N) is 3. The zero-order chi connectivity index (χ0) is 14.6. The second-order valence-corrected chi connectivity index (χ2v) is 5.04. The van der Waals surface area contributed by atoms with Crippen LogP contribution in [0.2, 0.25) is 0 Å². The molecule has 2 rings (SSSR count). The van der Waals surface area contributed by atoms with Gasteiger partial charge in [0.1, 0.15) is 0 Å². The Bertz CT molecular complexity index is 441. The first kappa shape index (κ1) is 15.8. The van der Waals surface area contributed by atoms with E-state index in [0.717, 1.165) is 57.8 Å². The highest BCUT2D eigenvalue weighted by Crippen LogP contribution is 2.01. The summed E-state index contributed by atoms with van der Waals surface area (Å²) in [6.07, 6.45) is 8.07. The summed E-state index contributed by atoms with van der Waals surface area (Å²) in [4.78, 5) is 8.63. The molecule has 0 aromatic carbocycles. The molecule has 1 aromatic rings. The summed E-state index contributed by atoms with van der Waals surface area (Å²) < 4.78 is 0. The van der Waals surface area contributed by atoms with Gasteiger partial charge >= 0.3 is 0 Å². The monoisotopic (exact) mass is 287 g/mol. The van der Waals surface area contributed by atoms with Crippen molar-refractivity contribution in [3.8, 4) is 0 Å². The fourth-order valence-electron chi connectivity index (χ4n) is 2.11. The van der Waals surface area contributed by atoms with Crippen molar-refractivity contribution in [3.63, 3.8) is 0 Å². The third-order valence-corrected chi connectivity index (χ3v) is 3.28. The molecule has 114 valence electrons. The lowest BCUT2D eigenvalue weighted by molar-refractivity contribution is 0.590. The lowest BCUT2D eigenvalue weighted by Gasteiger charge is -2.10. The molecule has 21 heavy (non-hydrogen) atoms. The highest BCUT2D eigenvalue weighted by atomic mass is 15.0. The van der Waals surface area contributed by atoms with E-state index in [-0.39, 0.29) is 0 Å². The van der Waals surface area contributed by atoms with Gasteiger partial charge in [-0.15, -0.1) is 0 Å². The minimum atomic E-state index is 0.827. The summed E-state index contributed by atoms with van der Waals surface area (Å²) in [6.45, 7) is 5.61. The maximum Gasteiger partial charge on any atom is 0.0541 e. The normalized spacial score (nSPS) is 14.2. The van der Waals surface area contributed by atoms with Gasteiger partial charge < -0.3 is 16.0 Å². The average molecular weight is 287 g/mol. The lowest BCUT2D eigenvalue weighted by atomic mass is 10.2. The Balaban J connectivity index is 1.38. The van der Waals surface area contributed by atoms with Crippen LogP contribution in [0.1, 0.15) is 18.5 Å². The Morgan fingerprint density at radius 2 is 1.76 bits per heavy atom. The van der Waals surface area contributed by atoms with Crippen molar-refractivity contribution in [1.29, 1.82) is 0 Å². The van der Waals surface area contributed by atoms with E-state index in [1.165, 1.54) is 5.71 Å². The van der Waals surface area contributed by atoms with Crippen molar-refractivity contribution in [2.45, 2.75) is 19.4 Å². The number of hydrogen-bond acceptors (Lipinski definition) is 5. The van der Waals surface area contributed by atoms with Gasteiger partial charge in [0.2, 0.25) is 0 Å². The molecule has 0 aliphatic carbocycles. The van der Waals surface area contributed by atoms with E-state index >= 15 is 0 Å². The number of hydrogen-bond donors (Lipinski definition) is 3. The van der Waals surface area contributed by atoms with Crippen molar-refractivity contribution in [3.05, 3.63) is 42.4 Å². The van der Waals surface area contributed by atoms with Crippen LogP contribution in [0.4, 0.5) is 0 Å². The van der Waals surface area contributed by atoms with Crippen molar-refractivity contribution < 1.29 is 0 Å². The van der Waals surface area contributed by atoms with Gasteiger partial charge in [0.15, 0.2) is 0 Å². The van der Waals surface area contributed by atoms with Crippen molar-refractivity contribution in [2.24, 2.45) is 4.99 Å². The molecule has 0 spiro atoms. The SMILES string of the molecule is C1=CN=C(CNCCNCCNCc2ccccn2)CC1. The zero-order valence-electron chi connectivity index (χ0n) is 12.5. The van der Waals surface area contributed by atoms with Crippen LogP contribution in [0.3, 0.4) is 0 Å². The molecule has 0 amide bonds. The van der Waals surface area contributed by atoms with E-state index in [2.05, 4.69) is 32.0 Å². The summed E-state index contributed by atoms with van der Waals surface area (Å²) in [5.74, 6) is 0. The number of allylic oxidation sites excluding steroid dienone is 1. The minimum Gasteiger partial charge on any atom is -0.314 e. The number of aromatic nitrogens is 1. The number of nitrogens with zero attached hydrogens (tertiary/aromatic N) is 2. The smallest absolute Gasteiger partial charge is 0.0541 e. The molecular weight excluding hydrogens is 262 g/mol. The summed E-state index contributed by atoms with van der Waals surface area (Å²) in [6, 6.07) is 5.99. The molecule has 1 aliphatic heterocycles. The van der Waals surface area contributed by atoms with Crippen LogP contribution in [-0.4, -0.2) is 43.4 Å². The molecule has 0 fully saturated rings. The summed E-state index contributed by atoms with van der Waals surface area (Å²) in [7, 11) is 0. The molecule has 0 saturated carbocycles. The van der Waals surface area contributed by atoms with E-state index in [9.17, 15) is 0 Å². The summed E-state index contributed by atoms with van der Waals surface area (Å²) >= 11 is 0. The minimum absolute atomic E-state index is 0.827. The van der Waals surface area contributed by atoms with Crippen LogP contribution in [0.25, 0.3) is 0 Å². The molecule has 0 unspecified atom stereocenters.